The molecule has 152 valence electrons. The summed E-state index contributed by atoms with van der Waals surface area (Å²) < 4.78 is 27.9. The minimum atomic E-state index is -3.77. The summed E-state index contributed by atoms with van der Waals surface area (Å²) in [4.78, 5) is 0.170. The summed E-state index contributed by atoms with van der Waals surface area (Å²) in [6, 6.07) is 13.6. The molecule has 2 aromatic carbocycles. The van der Waals surface area contributed by atoms with Gasteiger partial charge in [0.05, 0.1) is 11.5 Å². The Morgan fingerprint density at radius 2 is 1.82 bits per heavy atom. The summed E-state index contributed by atoms with van der Waals surface area (Å²) in [5.41, 5.74) is 2.15. The predicted molar refractivity (Wildman–Crippen MR) is 116 cm³/mol. The van der Waals surface area contributed by atoms with Gasteiger partial charge < -0.3 is 5.11 Å². The molecule has 0 saturated heterocycles. The Balaban J connectivity index is 2.34. The molecule has 2 aromatic rings. The maximum absolute atomic E-state index is 13.3. The van der Waals surface area contributed by atoms with Crippen molar-refractivity contribution in [1.82, 2.24) is 4.31 Å². The molecule has 6 heteroatoms. The van der Waals surface area contributed by atoms with Crippen molar-refractivity contribution in [2.45, 2.75) is 38.1 Å². The molecule has 0 aliphatic heterocycles. The Kier molecular flexibility index (Phi) is 8.25. The van der Waals surface area contributed by atoms with E-state index in [2.05, 4.69) is 0 Å². The molecule has 0 aliphatic rings. The number of sulfonamides is 1. The van der Waals surface area contributed by atoms with E-state index in [0.29, 0.717) is 11.4 Å². The lowest BCUT2D eigenvalue weighted by Gasteiger charge is -2.30. The number of hydrogen-bond acceptors (Lipinski definition) is 3. The van der Waals surface area contributed by atoms with E-state index in [1.807, 2.05) is 57.2 Å². The zero-order valence-corrected chi connectivity index (χ0v) is 18.1. The fourth-order valence-corrected chi connectivity index (χ4v) is 4.78. The van der Waals surface area contributed by atoms with Crippen LogP contribution in [0.25, 0.3) is 6.08 Å². The lowest BCUT2D eigenvalue weighted by Crippen LogP contribution is -2.43. The molecule has 1 N–H and O–H groups in total. The second kappa shape index (κ2) is 10.2. The second-order valence-corrected chi connectivity index (χ2v) is 9.64. The lowest BCUT2D eigenvalue weighted by atomic mass is 10.0. The third kappa shape index (κ3) is 6.17. The molecule has 4 nitrogen and oxygen atoms in total. The van der Waals surface area contributed by atoms with Gasteiger partial charge in [-0.05, 0) is 49.1 Å². The van der Waals surface area contributed by atoms with Gasteiger partial charge in [0.25, 0.3) is 0 Å². The van der Waals surface area contributed by atoms with Crippen molar-refractivity contribution in [2.75, 3.05) is 13.2 Å². The van der Waals surface area contributed by atoms with Crippen LogP contribution in [0.5, 0.6) is 0 Å². The van der Waals surface area contributed by atoms with Gasteiger partial charge in [0, 0.05) is 17.6 Å². The molecule has 0 aromatic heterocycles. The normalized spacial score (nSPS) is 13.5. The summed E-state index contributed by atoms with van der Waals surface area (Å²) >= 11 is 5.90. The SMILES string of the molecule is Cc1cccc(C=CCN([C@@H](CO)CC(C)C)S(=O)(=O)c2ccc(Cl)cc2)c1. The zero-order valence-electron chi connectivity index (χ0n) is 16.5. The first-order valence-electron chi connectivity index (χ1n) is 9.35. The molecule has 2 rings (SSSR count). The van der Waals surface area contributed by atoms with Crippen LogP contribution in [-0.2, 0) is 10.0 Å². The molecule has 0 aliphatic carbocycles. The largest absolute Gasteiger partial charge is 0.395 e. The summed E-state index contributed by atoms with van der Waals surface area (Å²) in [7, 11) is -3.77. The number of rotatable bonds is 9. The molecule has 0 saturated carbocycles. The van der Waals surface area contributed by atoms with Crippen LogP contribution in [-0.4, -0.2) is 37.0 Å². The maximum atomic E-state index is 13.3. The molecule has 0 spiro atoms. The van der Waals surface area contributed by atoms with Crippen LogP contribution in [0.1, 0.15) is 31.4 Å². The average Bonchev–Trinajstić information content (AvgIpc) is 2.64. The van der Waals surface area contributed by atoms with Gasteiger partial charge in [-0.3, -0.25) is 0 Å². The van der Waals surface area contributed by atoms with Crippen LogP contribution in [0.3, 0.4) is 0 Å². The Morgan fingerprint density at radius 3 is 2.39 bits per heavy atom. The molecule has 1 atom stereocenters. The van der Waals surface area contributed by atoms with Gasteiger partial charge in [0.1, 0.15) is 0 Å². The van der Waals surface area contributed by atoms with Gasteiger partial charge in [-0.25, -0.2) is 8.42 Å². The van der Waals surface area contributed by atoms with Gasteiger partial charge in [-0.1, -0.05) is 67.4 Å². The molecule has 0 fully saturated rings. The third-order valence-corrected chi connectivity index (χ3v) is 6.60. The smallest absolute Gasteiger partial charge is 0.243 e. The number of aryl methyl sites for hydroxylation is 1. The Labute approximate surface area is 173 Å². The van der Waals surface area contributed by atoms with Crippen LogP contribution >= 0.6 is 11.6 Å². The van der Waals surface area contributed by atoms with Gasteiger partial charge >= 0.3 is 0 Å². The van der Waals surface area contributed by atoms with E-state index < -0.39 is 16.1 Å². The highest BCUT2D eigenvalue weighted by molar-refractivity contribution is 7.89. The van der Waals surface area contributed by atoms with Crippen LogP contribution in [0.2, 0.25) is 5.02 Å². The first-order chi connectivity index (χ1) is 13.2. The van der Waals surface area contributed by atoms with Gasteiger partial charge in [-0.2, -0.15) is 4.31 Å². The number of benzene rings is 2. The Morgan fingerprint density at radius 1 is 1.14 bits per heavy atom. The molecule has 0 bridgehead atoms. The minimum absolute atomic E-state index is 0.170. The predicted octanol–water partition coefficient (Wildman–Crippen LogP) is 4.76. The van der Waals surface area contributed by atoms with E-state index in [9.17, 15) is 13.5 Å². The summed E-state index contributed by atoms with van der Waals surface area (Å²) in [5.74, 6) is 0.251. The van der Waals surface area contributed by atoms with Crippen molar-refractivity contribution < 1.29 is 13.5 Å². The Hall–Kier alpha value is -1.66. The number of aliphatic hydroxyl groups excluding tert-OH is 1. The van der Waals surface area contributed by atoms with Crippen molar-refractivity contribution >= 4 is 27.7 Å². The maximum Gasteiger partial charge on any atom is 0.243 e. The molecular weight excluding hydrogens is 394 g/mol. The highest BCUT2D eigenvalue weighted by Crippen LogP contribution is 2.23. The van der Waals surface area contributed by atoms with Gasteiger partial charge in [0.2, 0.25) is 10.0 Å². The molecule has 28 heavy (non-hydrogen) atoms. The number of halogens is 1. The fourth-order valence-electron chi connectivity index (χ4n) is 3.08. The van der Waals surface area contributed by atoms with E-state index >= 15 is 0 Å². The summed E-state index contributed by atoms with van der Waals surface area (Å²) in [6.45, 7) is 5.98. The van der Waals surface area contributed by atoms with E-state index in [0.717, 1.165) is 11.1 Å². The third-order valence-electron chi connectivity index (χ3n) is 4.42. The van der Waals surface area contributed by atoms with E-state index in [4.69, 9.17) is 11.6 Å². The highest BCUT2D eigenvalue weighted by atomic mass is 35.5. The molecule has 0 radical (unpaired) electrons. The van der Waals surface area contributed by atoms with Crippen LogP contribution in [0.4, 0.5) is 0 Å². The number of nitrogens with zero attached hydrogens (tertiary/aromatic N) is 1. The topological polar surface area (TPSA) is 57.6 Å². The van der Waals surface area contributed by atoms with Gasteiger partial charge in [-0.15, -0.1) is 0 Å². The second-order valence-electron chi connectivity index (χ2n) is 7.31. The standard InChI is InChI=1S/C22H28ClNO3S/c1-17(2)14-21(16-25)24(13-5-8-19-7-4-6-18(3)15-19)28(26,27)22-11-9-20(23)10-12-22/h4-12,15,17,21,25H,13-14,16H2,1-3H3/t21-/m1/s1. The first kappa shape index (κ1) is 22.6. The fraction of sp³-hybridized carbons (Fsp3) is 0.364. The van der Waals surface area contributed by atoms with Gasteiger partial charge in [0.15, 0.2) is 0 Å². The lowest BCUT2D eigenvalue weighted by molar-refractivity contribution is 0.175. The number of aliphatic hydroxyl groups is 1. The van der Waals surface area contributed by atoms with Crippen molar-refractivity contribution in [2.24, 2.45) is 5.92 Å². The van der Waals surface area contributed by atoms with E-state index in [-0.39, 0.29) is 24.0 Å². The number of hydrogen-bond donors (Lipinski definition) is 1. The summed E-state index contributed by atoms with van der Waals surface area (Å²) in [5, 5.41) is 10.4. The van der Waals surface area contributed by atoms with Crippen molar-refractivity contribution in [1.29, 1.82) is 0 Å². The summed E-state index contributed by atoms with van der Waals surface area (Å²) in [6.07, 6.45) is 4.30. The van der Waals surface area contributed by atoms with Crippen molar-refractivity contribution in [3.05, 3.63) is 70.8 Å². The molecule has 0 amide bonds. The molecule has 0 unspecified atom stereocenters. The highest BCUT2D eigenvalue weighted by Gasteiger charge is 2.30. The Bertz CT molecular complexity index is 892. The van der Waals surface area contributed by atoms with Crippen LogP contribution in [0, 0.1) is 12.8 Å². The monoisotopic (exact) mass is 421 g/mol. The zero-order chi connectivity index (χ0) is 20.7. The molecule has 0 heterocycles. The first-order valence-corrected chi connectivity index (χ1v) is 11.2. The van der Waals surface area contributed by atoms with Crippen molar-refractivity contribution in [3.63, 3.8) is 0 Å². The average molecular weight is 422 g/mol. The quantitative estimate of drug-likeness (QED) is 0.635. The molecular formula is C22H28ClNO3S. The van der Waals surface area contributed by atoms with E-state index in [1.165, 1.54) is 16.4 Å². The van der Waals surface area contributed by atoms with Crippen molar-refractivity contribution in [3.8, 4) is 0 Å². The van der Waals surface area contributed by atoms with Crippen LogP contribution in [0.15, 0.2) is 59.5 Å². The van der Waals surface area contributed by atoms with E-state index in [1.54, 1.807) is 12.1 Å². The van der Waals surface area contributed by atoms with Crippen LogP contribution < -0.4 is 0 Å². The minimum Gasteiger partial charge on any atom is -0.395 e.